The molecule has 27 heavy (non-hydrogen) atoms. The third-order valence-electron chi connectivity index (χ3n) is 5.24. The van der Waals surface area contributed by atoms with E-state index in [1.807, 2.05) is 47.1 Å². The number of para-hydroxylation sites is 1. The smallest absolute Gasteiger partial charge is 0.170 e. The number of tetrazole rings is 1. The zero-order valence-corrected chi connectivity index (χ0v) is 15.7. The Kier molecular flexibility index (Phi) is 5.44. The highest BCUT2D eigenvalue weighted by atomic mass is 16.5. The minimum atomic E-state index is 0.374. The van der Waals surface area contributed by atoms with Gasteiger partial charge in [0.15, 0.2) is 5.82 Å². The van der Waals surface area contributed by atoms with E-state index < -0.39 is 0 Å². The van der Waals surface area contributed by atoms with Gasteiger partial charge >= 0.3 is 0 Å². The summed E-state index contributed by atoms with van der Waals surface area (Å²) in [7, 11) is 1.70. The highest BCUT2D eigenvalue weighted by molar-refractivity contribution is 5.31. The molecule has 140 valence electrons. The number of rotatable bonds is 5. The zero-order chi connectivity index (χ0) is 18.5. The van der Waals surface area contributed by atoms with Gasteiger partial charge < -0.3 is 4.74 Å². The summed E-state index contributed by atoms with van der Waals surface area (Å²) < 4.78 is 7.16. The molecule has 1 fully saturated rings. The van der Waals surface area contributed by atoms with Crippen molar-refractivity contribution in [2.24, 2.45) is 0 Å². The van der Waals surface area contributed by atoms with Gasteiger partial charge in [0, 0.05) is 6.04 Å². The van der Waals surface area contributed by atoms with E-state index in [1.165, 1.54) is 24.8 Å². The van der Waals surface area contributed by atoms with Crippen LogP contribution in [0.5, 0.6) is 5.75 Å². The number of likely N-dealkylation sites (tertiary alicyclic amines) is 1. The highest BCUT2D eigenvalue weighted by Gasteiger charge is 2.25. The normalized spacial score (nSPS) is 18.2. The molecular weight excluding hydrogens is 338 g/mol. The van der Waals surface area contributed by atoms with Gasteiger partial charge in [0.25, 0.3) is 0 Å². The molecule has 4 rings (SSSR count). The predicted octanol–water partition coefficient (Wildman–Crippen LogP) is 3.79. The van der Waals surface area contributed by atoms with Gasteiger partial charge in [-0.2, -0.15) is 4.68 Å². The molecule has 1 aromatic heterocycles. The molecule has 0 radical (unpaired) electrons. The maximum absolute atomic E-state index is 5.31. The molecule has 0 N–H and O–H groups in total. The monoisotopic (exact) mass is 363 g/mol. The molecule has 1 atom stereocenters. The molecule has 0 amide bonds. The highest BCUT2D eigenvalue weighted by Crippen LogP contribution is 2.32. The van der Waals surface area contributed by atoms with Crippen molar-refractivity contribution >= 4 is 0 Å². The minimum absolute atomic E-state index is 0.374. The van der Waals surface area contributed by atoms with E-state index in [0.717, 1.165) is 36.8 Å². The molecular formula is C21H25N5O. The van der Waals surface area contributed by atoms with Crippen LogP contribution in [0.2, 0.25) is 0 Å². The van der Waals surface area contributed by atoms with Gasteiger partial charge in [-0.3, -0.25) is 4.90 Å². The summed E-state index contributed by atoms with van der Waals surface area (Å²) in [6.45, 7) is 1.79. The Bertz CT molecular complexity index is 847. The lowest BCUT2D eigenvalue weighted by Crippen LogP contribution is -2.29. The van der Waals surface area contributed by atoms with Crippen molar-refractivity contribution in [3.8, 4) is 11.4 Å². The standard InChI is InChI=1S/C21H25N5O/c1-27-19-13-11-17(12-14-19)20-10-6-3-7-15-25(20)16-21-22-23-24-26(21)18-8-4-2-5-9-18/h2,4-5,8-9,11-14,20H,3,6-7,10,15-16H2,1H3. The van der Waals surface area contributed by atoms with E-state index in [2.05, 4.69) is 32.6 Å². The Morgan fingerprint density at radius 2 is 1.81 bits per heavy atom. The van der Waals surface area contributed by atoms with Crippen LogP contribution in [-0.4, -0.2) is 38.8 Å². The first kappa shape index (κ1) is 17.7. The second kappa shape index (κ2) is 8.31. The fraction of sp³-hybridized carbons (Fsp3) is 0.381. The molecule has 1 unspecified atom stereocenters. The molecule has 0 spiro atoms. The number of hydrogen-bond donors (Lipinski definition) is 0. The first-order valence-electron chi connectivity index (χ1n) is 9.56. The van der Waals surface area contributed by atoms with Gasteiger partial charge in [-0.05, 0) is 59.6 Å². The van der Waals surface area contributed by atoms with Gasteiger partial charge in [-0.15, -0.1) is 5.10 Å². The van der Waals surface area contributed by atoms with Gasteiger partial charge in [0.2, 0.25) is 0 Å². The third kappa shape index (κ3) is 4.01. The van der Waals surface area contributed by atoms with Crippen molar-refractivity contribution in [3.05, 3.63) is 66.0 Å². The summed E-state index contributed by atoms with van der Waals surface area (Å²) in [5, 5.41) is 12.4. The van der Waals surface area contributed by atoms with Crippen molar-refractivity contribution < 1.29 is 4.74 Å². The Balaban J connectivity index is 1.59. The topological polar surface area (TPSA) is 56.1 Å². The van der Waals surface area contributed by atoms with E-state index in [-0.39, 0.29) is 0 Å². The van der Waals surface area contributed by atoms with Crippen LogP contribution in [0, 0.1) is 0 Å². The number of benzene rings is 2. The van der Waals surface area contributed by atoms with E-state index >= 15 is 0 Å². The lowest BCUT2D eigenvalue weighted by Gasteiger charge is -2.29. The van der Waals surface area contributed by atoms with Crippen LogP contribution in [0.3, 0.4) is 0 Å². The van der Waals surface area contributed by atoms with Crippen molar-refractivity contribution in [2.45, 2.75) is 38.3 Å². The average molecular weight is 363 g/mol. The summed E-state index contributed by atoms with van der Waals surface area (Å²) in [4.78, 5) is 2.51. The summed E-state index contributed by atoms with van der Waals surface area (Å²) in [5.74, 6) is 1.77. The summed E-state index contributed by atoms with van der Waals surface area (Å²) in [6, 6.07) is 18.9. The van der Waals surface area contributed by atoms with Crippen LogP contribution in [0.4, 0.5) is 0 Å². The minimum Gasteiger partial charge on any atom is -0.497 e. The second-order valence-electron chi connectivity index (χ2n) is 6.95. The number of methoxy groups -OCH3 is 1. The molecule has 3 aromatic rings. The van der Waals surface area contributed by atoms with Crippen LogP contribution < -0.4 is 4.74 Å². The quantitative estimate of drug-likeness (QED) is 0.690. The molecule has 1 aliphatic rings. The Morgan fingerprint density at radius 1 is 1.00 bits per heavy atom. The predicted molar refractivity (Wildman–Crippen MR) is 104 cm³/mol. The average Bonchev–Trinajstić information content (AvgIpc) is 3.06. The molecule has 6 heteroatoms. The zero-order valence-electron chi connectivity index (χ0n) is 15.7. The summed E-state index contributed by atoms with van der Waals surface area (Å²) in [5.41, 5.74) is 2.32. The first-order chi connectivity index (χ1) is 13.3. The Morgan fingerprint density at radius 3 is 2.59 bits per heavy atom. The van der Waals surface area contributed by atoms with Gasteiger partial charge in [0.05, 0.1) is 19.3 Å². The van der Waals surface area contributed by atoms with Crippen molar-refractivity contribution in [3.63, 3.8) is 0 Å². The molecule has 6 nitrogen and oxygen atoms in total. The number of aromatic nitrogens is 4. The summed E-state index contributed by atoms with van der Waals surface area (Å²) in [6.07, 6.45) is 4.88. The fourth-order valence-electron chi connectivity index (χ4n) is 3.82. The number of nitrogens with zero attached hydrogens (tertiary/aromatic N) is 5. The largest absolute Gasteiger partial charge is 0.497 e. The molecule has 0 aliphatic carbocycles. The van der Waals surface area contributed by atoms with Crippen molar-refractivity contribution in [1.82, 2.24) is 25.1 Å². The van der Waals surface area contributed by atoms with Crippen LogP contribution in [0.25, 0.3) is 5.69 Å². The van der Waals surface area contributed by atoms with Gasteiger partial charge in [0.1, 0.15) is 5.75 Å². The first-order valence-corrected chi connectivity index (χ1v) is 9.56. The SMILES string of the molecule is COc1ccc(C2CCCCCN2Cc2nnnn2-c2ccccc2)cc1. The maximum Gasteiger partial charge on any atom is 0.170 e. The van der Waals surface area contributed by atoms with E-state index in [9.17, 15) is 0 Å². The molecule has 0 bridgehead atoms. The fourth-order valence-corrected chi connectivity index (χ4v) is 3.82. The molecule has 1 aliphatic heterocycles. The molecule has 1 saturated heterocycles. The Hall–Kier alpha value is -2.73. The number of ether oxygens (including phenoxy) is 1. The second-order valence-corrected chi connectivity index (χ2v) is 6.95. The van der Waals surface area contributed by atoms with Crippen molar-refractivity contribution in [1.29, 1.82) is 0 Å². The molecule has 2 heterocycles. The van der Waals surface area contributed by atoms with Crippen LogP contribution >= 0.6 is 0 Å². The Labute approximate surface area is 159 Å². The third-order valence-corrected chi connectivity index (χ3v) is 5.24. The van der Waals surface area contributed by atoms with E-state index in [4.69, 9.17) is 4.74 Å². The van der Waals surface area contributed by atoms with Crippen LogP contribution in [0.15, 0.2) is 54.6 Å². The van der Waals surface area contributed by atoms with Gasteiger partial charge in [-0.25, -0.2) is 0 Å². The van der Waals surface area contributed by atoms with E-state index in [1.54, 1.807) is 7.11 Å². The van der Waals surface area contributed by atoms with E-state index in [0.29, 0.717) is 6.04 Å². The van der Waals surface area contributed by atoms with Gasteiger partial charge in [-0.1, -0.05) is 43.2 Å². The van der Waals surface area contributed by atoms with Crippen molar-refractivity contribution in [2.75, 3.05) is 13.7 Å². The summed E-state index contributed by atoms with van der Waals surface area (Å²) >= 11 is 0. The van der Waals surface area contributed by atoms with Crippen LogP contribution in [-0.2, 0) is 6.54 Å². The lowest BCUT2D eigenvalue weighted by atomic mass is 10.0. The number of hydrogen-bond acceptors (Lipinski definition) is 5. The van der Waals surface area contributed by atoms with Crippen LogP contribution in [0.1, 0.15) is 43.1 Å². The maximum atomic E-state index is 5.31. The molecule has 0 saturated carbocycles. The lowest BCUT2D eigenvalue weighted by molar-refractivity contribution is 0.186. The molecule has 2 aromatic carbocycles.